The van der Waals surface area contributed by atoms with E-state index in [0.717, 1.165) is 0 Å². The fourth-order valence-corrected chi connectivity index (χ4v) is 7.75. The van der Waals surface area contributed by atoms with Gasteiger partial charge in [0.2, 0.25) is 0 Å². The summed E-state index contributed by atoms with van der Waals surface area (Å²) in [5, 5.41) is 67.4. The Bertz CT molecular complexity index is 1100. The largest absolute Gasteiger partial charge is 0.459 e. The Labute approximate surface area is 291 Å². The van der Waals surface area contributed by atoms with Crippen LogP contribution in [-0.4, -0.2) is 146 Å². The highest BCUT2D eigenvalue weighted by Gasteiger charge is 2.51. The first-order valence-electron chi connectivity index (χ1n) is 17.7. The molecule has 14 nitrogen and oxygen atoms in total. The van der Waals surface area contributed by atoms with E-state index in [9.17, 15) is 40.2 Å². The number of cyclic esters (lactones) is 1. The van der Waals surface area contributed by atoms with Gasteiger partial charge in [-0.3, -0.25) is 9.59 Å². The predicted molar refractivity (Wildman–Crippen MR) is 177 cm³/mol. The van der Waals surface area contributed by atoms with Crippen molar-refractivity contribution in [3.8, 4) is 0 Å². The molecule has 3 rings (SSSR count). The lowest BCUT2D eigenvalue weighted by molar-refractivity contribution is -0.309. The maximum absolute atomic E-state index is 13.9. The van der Waals surface area contributed by atoms with Crippen LogP contribution in [-0.2, 0) is 33.3 Å². The van der Waals surface area contributed by atoms with E-state index in [4.69, 9.17) is 23.7 Å². The minimum absolute atomic E-state index is 0.122. The average molecular weight is 706 g/mol. The number of hydrogen-bond donors (Lipinski definition) is 6. The van der Waals surface area contributed by atoms with E-state index in [1.807, 2.05) is 25.9 Å². The lowest BCUT2D eigenvalue weighted by Gasteiger charge is -2.46. The van der Waals surface area contributed by atoms with Crippen molar-refractivity contribution in [1.29, 1.82) is 0 Å². The van der Waals surface area contributed by atoms with Gasteiger partial charge in [0.25, 0.3) is 0 Å². The fraction of sp³-hybridized carbons (Fsp3) is 0.943. The van der Waals surface area contributed by atoms with Crippen molar-refractivity contribution in [3.05, 3.63) is 0 Å². The Balaban J connectivity index is 2.12. The molecule has 3 heterocycles. The molecule has 3 aliphatic rings. The van der Waals surface area contributed by atoms with Crippen LogP contribution >= 0.6 is 0 Å². The topological polar surface area (TPSA) is 205 Å². The van der Waals surface area contributed by atoms with E-state index in [1.165, 1.54) is 20.8 Å². The van der Waals surface area contributed by atoms with Crippen LogP contribution in [0.1, 0.15) is 88.0 Å². The van der Waals surface area contributed by atoms with Gasteiger partial charge in [0.05, 0.1) is 48.1 Å². The van der Waals surface area contributed by atoms with Crippen molar-refractivity contribution in [3.63, 3.8) is 0 Å². The molecule has 0 bridgehead atoms. The molecule has 0 aromatic rings. The maximum atomic E-state index is 13.9. The van der Waals surface area contributed by atoms with Crippen LogP contribution in [0.25, 0.3) is 0 Å². The van der Waals surface area contributed by atoms with Gasteiger partial charge >= 0.3 is 5.97 Å². The number of esters is 1. The lowest BCUT2D eigenvalue weighted by atomic mass is 9.77. The molecule has 0 amide bonds. The van der Waals surface area contributed by atoms with Crippen LogP contribution in [0.15, 0.2) is 0 Å². The summed E-state index contributed by atoms with van der Waals surface area (Å²) in [5.74, 6) is -5.03. The lowest BCUT2D eigenvalue weighted by Crippen LogP contribution is -2.59. The second kappa shape index (κ2) is 16.6. The Morgan fingerprint density at radius 1 is 0.857 bits per heavy atom. The van der Waals surface area contributed by atoms with Gasteiger partial charge in [-0.15, -0.1) is 0 Å². The molecule has 49 heavy (non-hydrogen) atoms. The van der Waals surface area contributed by atoms with Gasteiger partial charge < -0.3 is 59.2 Å². The van der Waals surface area contributed by atoms with Crippen molar-refractivity contribution < 1.29 is 63.9 Å². The van der Waals surface area contributed by atoms with Gasteiger partial charge in [0.1, 0.15) is 29.7 Å². The Kier molecular flexibility index (Phi) is 14.2. The number of carbonyl (C=O) groups is 2. The third-order valence-corrected chi connectivity index (χ3v) is 11.1. The minimum atomic E-state index is -2.00. The second-order valence-electron chi connectivity index (χ2n) is 15.6. The van der Waals surface area contributed by atoms with Crippen LogP contribution in [0.5, 0.6) is 0 Å². The molecule has 0 aliphatic carbocycles. The highest BCUT2D eigenvalue weighted by Crippen LogP contribution is 2.37. The quantitative estimate of drug-likeness (QED) is 0.211. The summed E-state index contributed by atoms with van der Waals surface area (Å²) in [6.07, 6.45) is -11.8. The Morgan fingerprint density at radius 2 is 1.47 bits per heavy atom. The van der Waals surface area contributed by atoms with E-state index in [0.29, 0.717) is 6.42 Å². The summed E-state index contributed by atoms with van der Waals surface area (Å²) in [6.45, 7) is 14.3. The molecule has 6 N–H and O–H groups in total. The van der Waals surface area contributed by atoms with Crippen LogP contribution in [0.3, 0.4) is 0 Å². The summed E-state index contributed by atoms with van der Waals surface area (Å²) < 4.78 is 30.7. The first kappa shape index (κ1) is 42.1. The number of rotatable bonds is 6. The van der Waals surface area contributed by atoms with E-state index >= 15 is 0 Å². The highest BCUT2D eigenvalue weighted by molar-refractivity contribution is 5.83. The summed E-state index contributed by atoms with van der Waals surface area (Å²) in [7, 11) is 3.67. The Hall–Kier alpha value is -1.30. The van der Waals surface area contributed by atoms with Crippen LogP contribution in [0.4, 0.5) is 0 Å². The fourth-order valence-electron chi connectivity index (χ4n) is 7.75. The monoisotopic (exact) mass is 705 g/mol. The molecule has 0 spiro atoms. The van der Waals surface area contributed by atoms with E-state index < -0.39 is 108 Å². The molecule has 2 unspecified atom stereocenters. The zero-order chi connectivity index (χ0) is 37.3. The van der Waals surface area contributed by atoms with Gasteiger partial charge in [-0.1, -0.05) is 27.7 Å². The van der Waals surface area contributed by atoms with Gasteiger partial charge in [-0.25, -0.2) is 0 Å². The second-order valence-corrected chi connectivity index (χ2v) is 15.6. The summed E-state index contributed by atoms with van der Waals surface area (Å²) in [6, 6.07) is -0.326. The molecule has 0 aromatic heterocycles. The molecule has 18 atom stereocenters. The zero-order valence-electron chi connectivity index (χ0n) is 31.1. The number of aliphatic hydroxyl groups excluding tert-OH is 4. The molecule has 0 saturated carbocycles. The van der Waals surface area contributed by atoms with Gasteiger partial charge in [0, 0.05) is 30.2 Å². The molecule has 3 fully saturated rings. The standard InChI is InChI=1S/C35H63NO13/c1-12-24-35(9,44)30(40)18(4)26(38)16(2)13-23(37)29(49-33-27(39)22(36(10)11)14-17(3)45-33)19(5)28(20(6)32(42)47-24)48-25-15-34(8,43)31(41)21(7)46-25/h16-25,27-31,33,37,39-41,43-44H,12-15H2,1-11H3/t16-,17-,18+,19+,20-,21+,22+,23-,24?,25+,27-,28?,29-,30-,31+,33+,34-,35-/m1/s1. The van der Waals surface area contributed by atoms with Gasteiger partial charge in [0.15, 0.2) is 12.6 Å². The van der Waals surface area contributed by atoms with E-state index in [1.54, 1.807) is 34.6 Å². The number of aliphatic hydroxyl groups is 6. The van der Waals surface area contributed by atoms with Gasteiger partial charge in [-0.05, 0) is 68.0 Å². The number of likely N-dealkylation sites (N-methyl/N-ethyl adjacent to an activating group) is 1. The molecule has 3 saturated heterocycles. The third kappa shape index (κ3) is 9.39. The van der Waals surface area contributed by atoms with E-state index in [2.05, 4.69) is 0 Å². The molecule has 0 radical (unpaired) electrons. The van der Waals surface area contributed by atoms with Crippen molar-refractivity contribution in [2.75, 3.05) is 14.1 Å². The van der Waals surface area contributed by atoms with Crippen molar-refractivity contribution in [2.45, 2.75) is 173 Å². The SMILES string of the molecule is CCC1OC(=O)[C@H](C)C(O[C@H]2C[C@@](C)(O)[C@@H](O)[C@H](C)O2)[C@H](C)[C@@H](O[C@@H]2O[C@H](C)C[C@H](N(C)C)[C@H]2O)[C@H](O)C[C@@H](C)C(=O)[C@H](C)[C@@H](O)[C@]1(C)O. The van der Waals surface area contributed by atoms with Gasteiger partial charge in [-0.2, -0.15) is 0 Å². The number of Topliss-reactive ketones (excluding diaryl/α,β-unsaturated/α-hetero) is 1. The van der Waals surface area contributed by atoms with Crippen molar-refractivity contribution >= 4 is 11.8 Å². The van der Waals surface area contributed by atoms with Crippen LogP contribution in [0.2, 0.25) is 0 Å². The van der Waals surface area contributed by atoms with Crippen LogP contribution in [0, 0.1) is 23.7 Å². The molecule has 3 aliphatic heterocycles. The summed E-state index contributed by atoms with van der Waals surface area (Å²) in [4.78, 5) is 29.4. The smallest absolute Gasteiger partial charge is 0.311 e. The van der Waals surface area contributed by atoms with E-state index in [-0.39, 0.29) is 31.4 Å². The summed E-state index contributed by atoms with van der Waals surface area (Å²) in [5.41, 5.74) is -3.58. The molecule has 286 valence electrons. The molecular weight excluding hydrogens is 642 g/mol. The Morgan fingerprint density at radius 3 is 2.02 bits per heavy atom. The maximum Gasteiger partial charge on any atom is 0.311 e. The normalized spacial score (nSPS) is 49.8. The third-order valence-electron chi connectivity index (χ3n) is 11.1. The molecule has 0 aromatic carbocycles. The average Bonchev–Trinajstić information content (AvgIpc) is 3.02. The molecule has 14 heteroatoms. The first-order valence-corrected chi connectivity index (χ1v) is 17.7. The number of ether oxygens (including phenoxy) is 5. The number of ketones is 1. The number of carbonyl (C=O) groups excluding carboxylic acids is 2. The van der Waals surface area contributed by atoms with Crippen LogP contribution < -0.4 is 0 Å². The zero-order valence-corrected chi connectivity index (χ0v) is 31.1. The highest BCUT2D eigenvalue weighted by atomic mass is 16.7. The minimum Gasteiger partial charge on any atom is -0.459 e. The first-order chi connectivity index (χ1) is 22.5. The van der Waals surface area contributed by atoms with Crippen molar-refractivity contribution in [2.24, 2.45) is 23.7 Å². The summed E-state index contributed by atoms with van der Waals surface area (Å²) >= 11 is 0. The van der Waals surface area contributed by atoms with Crippen molar-refractivity contribution in [1.82, 2.24) is 4.90 Å². The predicted octanol–water partition coefficient (Wildman–Crippen LogP) is 0.741. The number of hydrogen-bond acceptors (Lipinski definition) is 14. The molecular formula is C35H63NO13. The number of nitrogens with zero attached hydrogens (tertiary/aromatic N) is 1.